The van der Waals surface area contributed by atoms with Gasteiger partial charge in [-0.1, -0.05) is 23.7 Å². The van der Waals surface area contributed by atoms with Crippen LogP contribution in [-0.2, 0) is 4.79 Å². The van der Waals surface area contributed by atoms with E-state index in [0.29, 0.717) is 18.1 Å². The topological polar surface area (TPSA) is 78.7 Å². The first-order valence-electron chi connectivity index (χ1n) is 10.7. The van der Waals surface area contributed by atoms with Gasteiger partial charge in [-0.05, 0) is 31.2 Å². The van der Waals surface area contributed by atoms with Crippen LogP contribution in [0.5, 0.6) is 0 Å². The minimum absolute atomic E-state index is 0.0691. The predicted molar refractivity (Wildman–Crippen MR) is 126 cm³/mol. The number of nitrogens with zero attached hydrogens (tertiary/aromatic N) is 6. The second-order valence-electron chi connectivity index (χ2n) is 8.02. The molecule has 0 saturated carbocycles. The van der Waals surface area contributed by atoms with E-state index in [1.54, 1.807) is 17.8 Å². The number of pyridine rings is 1. The van der Waals surface area contributed by atoms with Crippen molar-refractivity contribution in [3.63, 3.8) is 0 Å². The lowest BCUT2D eigenvalue weighted by molar-refractivity contribution is -0.129. The average molecular weight is 450 g/mol. The number of para-hydroxylation sites is 1. The zero-order valence-electron chi connectivity index (χ0n) is 18.0. The van der Waals surface area contributed by atoms with Crippen molar-refractivity contribution in [1.82, 2.24) is 24.5 Å². The van der Waals surface area contributed by atoms with E-state index in [1.807, 2.05) is 41.4 Å². The number of hydrogen-bond acceptors (Lipinski definition) is 6. The van der Waals surface area contributed by atoms with Gasteiger partial charge in [0, 0.05) is 50.2 Å². The average Bonchev–Trinajstić information content (AvgIpc) is 3.29. The van der Waals surface area contributed by atoms with Crippen molar-refractivity contribution in [2.45, 2.75) is 19.9 Å². The SMILES string of the molecule is CC(=O)N1CCN(c2nc3c(Cl)cccc3cc2[C@H](C)Nc2ncnn3cccc23)CC1. The highest BCUT2D eigenvalue weighted by Crippen LogP contribution is 2.33. The number of hydrogen-bond donors (Lipinski definition) is 1. The molecule has 1 aliphatic rings. The van der Waals surface area contributed by atoms with Gasteiger partial charge < -0.3 is 15.1 Å². The number of carbonyl (C=O) groups excluding carboxylic acids is 1. The molecule has 9 heteroatoms. The van der Waals surface area contributed by atoms with Crippen LogP contribution in [0.25, 0.3) is 16.4 Å². The predicted octanol–water partition coefficient (Wildman–Crippen LogP) is 3.77. The second kappa shape index (κ2) is 8.27. The number of aromatic nitrogens is 4. The fourth-order valence-electron chi connectivity index (χ4n) is 4.23. The Bertz CT molecular complexity index is 1300. The molecule has 1 aromatic carbocycles. The molecule has 0 aliphatic carbocycles. The molecule has 8 nitrogen and oxygen atoms in total. The van der Waals surface area contributed by atoms with Crippen LogP contribution in [0.1, 0.15) is 25.5 Å². The summed E-state index contributed by atoms with van der Waals surface area (Å²) in [4.78, 5) is 25.3. The van der Waals surface area contributed by atoms with Crippen LogP contribution >= 0.6 is 11.6 Å². The molecule has 0 spiro atoms. The molecule has 1 saturated heterocycles. The molecule has 1 N–H and O–H groups in total. The highest BCUT2D eigenvalue weighted by molar-refractivity contribution is 6.35. The van der Waals surface area contributed by atoms with Gasteiger partial charge in [0.2, 0.25) is 5.91 Å². The fraction of sp³-hybridized carbons (Fsp3) is 0.304. The Morgan fingerprint density at radius 3 is 2.75 bits per heavy atom. The monoisotopic (exact) mass is 449 g/mol. The molecule has 5 rings (SSSR count). The van der Waals surface area contributed by atoms with E-state index < -0.39 is 0 Å². The molecule has 0 unspecified atom stereocenters. The number of anilines is 2. The Balaban J connectivity index is 1.54. The summed E-state index contributed by atoms with van der Waals surface area (Å²) in [6, 6.07) is 11.8. The summed E-state index contributed by atoms with van der Waals surface area (Å²) in [5, 5.41) is 9.40. The summed E-state index contributed by atoms with van der Waals surface area (Å²) in [5.74, 6) is 1.75. The first kappa shape index (κ1) is 20.5. The summed E-state index contributed by atoms with van der Waals surface area (Å²) < 4.78 is 1.79. The van der Waals surface area contributed by atoms with E-state index in [4.69, 9.17) is 16.6 Å². The minimum atomic E-state index is -0.0691. The number of fused-ring (bicyclic) bond motifs is 2. The lowest BCUT2D eigenvalue weighted by Gasteiger charge is -2.36. The summed E-state index contributed by atoms with van der Waals surface area (Å²) in [6.45, 7) is 6.51. The minimum Gasteiger partial charge on any atom is -0.362 e. The van der Waals surface area contributed by atoms with Crippen LogP contribution in [0.2, 0.25) is 5.02 Å². The maximum Gasteiger partial charge on any atom is 0.219 e. The molecular weight excluding hydrogens is 426 g/mol. The number of halogens is 1. The zero-order valence-corrected chi connectivity index (χ0v) is 18.8. The summed E-state index contributed by atoms with van der Waals surface area (Å²) in [7, 11) is 0. The number of piperazine rings is 1. The lowest BCUT2D eigenvalue weighted by atomic mass is 10.0. The Morgan fingerprint density at radius 2 is 1.97 bits per heavy atom. The molecule has 164 valence electrons. The van der Waals surface area contributed by atoms with Gasteiger partial charge in [-0.15, -0.1) is 0 Å². The molecule has 0 bridgehead atoms. The van der Waals surface area contributed by atoms with Crippen molar-refractivity contribution >= 4 is 45.6 Å². The molecule has 4 heterocycles. The maximum atomic E-state index is 11.8. The number of benzene rings is 1. The third kappa shape index (κ3) is 3.71. The number of nitrogens with one attached hydrogen (secondary N) is 1. The Kier molecular flexibility index (Phi) is 5.30. The van der Waals surface area contributed by atoms with E-state index in [2.05, 4.69) is 33.3 Å². The molecule has 32 heavy (non-hydrogen) atoms. The molecular formula is C23H24ClN7O. The molecule has 1 fully saturated rings. The van der Waals surface area contributed by atoms with Crippen LogP contribution in [0.3, 0.4) is 0 Å². The van der Waals surface area contributed by atoms with E-state index >= 15 is 0 Å². The molecule has 4 aromatic rings. The third-order valence-corrected chi connectivity index (χ3v) is 6.29. The van der Waals surface area contributed by atoms with E-state index in [9.17, 15) is 4.79 Å². The van der Waals surface area contributed by atoms with Crippen molar-refractivity contribution in [1.29, 1.82) is 0 Å². The van der Waals surface area contributed by atoms with Gasteiger partial charge in [-0.3, -0.25) is 4.79 Å². The fourth-order valence-corrected chi connectivity index (χ4v) is 4.46. The van der Waals surface area contributed by atoms with Gasteiger partial charge in [0.05, 0.1) is 16.6 Å². The molecule has 1 aliphatic heterocycles. The van der Waals surface area contributed by atoms with Crippen molar-refractivity contribution in [3.05, 3.63) is 59.5 Å². The van der Waals surface area contributed by atoms with Crippen LogP contribution in [-0.4, -0.2) is 56.6 Å². The van der Waals surface area contributed by atoms with Crippen molar-refractivity contribution in [2.75, 3.05) is 36.4 Å². The van der Waals surface area contributed by atoms with Gasteiger partial charge in [0.25, 0.3) is 0 Å². The number of amides is 1. The zero-order chi connectivity index (χ0) is 22.2. The highest BCUT2D eigenvalue weighted by Gasteiger charge is 2.25. The smallest absolute Gasteiger partial charge is 0.219 e. The Morgan fingerprint density at radius 1 is 1.16 bits per heavy atom. The van der Waals surface area contributed by atoms with Crippen molar-refractivity contribution in [3.8, 4) is 0 Å². The van der Waals surface area contributed by atoms with E-state index in [0.717, 1.165) is 46.7 Å². The maximum absolute atomic E-state index is 11.8. The largest absolute Gasteiger partial charge is 0.362 e. The normalized spacial score (nSPS) is 15.3. The quantitative estimate of drug-likeness (QED) is 0.511. The van der Waals surface area contributed by atoms with Crippen LogP contribution in [0.15, 0.2) is 48.9 Å². The molecule has 1 atom stereocenters. The number of carbonyl (C=O) groups is 1. The van der Waals surface area contributed by atoms with Crippen LogP contribution < -0.4 is 10.2 Å². The summed E-state index contributed by atoms with van der Waals surface area (Å²) >= 11 is 6.48. The number of rotatable bonds is 4. The van der Waals surface area contributed by atoms with E-state index in [1.165, 1.54) is 0 Å². The first-order chi connectivity index (χ1) is 15.5. The summed E-state index contributed by atoms with van der Waals surface area (Å²) in [6.07, 6.45) is 3.44. The van der Waals surface area contributed by atoms with Gasteiger partial charge >= 0.3 is 0 Å². The third-order valence-electron chi connectivity index (χ3n) is 5.98. The van der Waals surface area contributed by atoms with Crippen molar-refractivity contribution in [2.24, 2.45) is 0 Å². The van der Waals surface area contributed by atoms with Crippen LogP contribution in [0, 0.1) is 0 Å². The van der Waals surface area contributed by atoms with Crippen molar-refractivity contribution < 1.29 is 4.79 Å². The molecule has 0 radical (unpaired) electrons. The van der Waals surface area contributed by atoms with Gasteiger partial charge in [-0.2, -0.15) is 5.10 Å². The Hall–Kier alpha value is -3.39. The van der Waals surface area contributed by atoms with E-state index in [-0.39, 0.29) is 11.9 Å². The first-order valence-corrected chi connectivity index (χ1v) is 11.0. The second-order valence-corrected chi connectivity index (χ2v) is 8.43. The van der Waals surface area contributed by atoms with Gasteiger partial charge in [-0.25, -0.2) is 14.5 Å². The highest BCUT2D eigenvalue weighted by atomic mass is 35.5. The van der Waals surface area contributed by atoms with Crippen LogP contribution in [0.4, 0.5) is 11.6 Å². The van der Waals surface area contributed by atoms with Gasteiger partial charge in [0.1, 0.15) is 17.7 Å². The summed E-state index contributed by atoms with van der Waals surface area (Å²) in [5.41, 5.74) is 2.75. The standard InChI is InChI=1S/C23H24ClN7O/c1-15(27-22-20-7-4-8-31(20)26-14-25-22)18-13-17-5-3-6-19(24)21(17)28-23(18)30-11-9-29(10-12-30)16(2)32/h3-8,13-15H,9-12H2,1-2H3,(H,25,26,27)/t15-/m0/s1. The lowest BCUT2D eigenvalue weighted by Crippen LogP contribution is -2.48. The molecule has 3 aromatic heterocycles. The molecule has 1 amide bonds. The Labute approximate surface area is 190 Å². The van der Waals surface area contributed by atoms with Gasteiger partial charge in [0.15, 0.2) is 5.82 Å².